The fourth-order valence-corrected chi connectivity index (χ4v) is 2.44. The van der Waals surface area contributed by atoms with E-state index < -0.39 is 0 Å². The number of hydrogen-bond donors (Lipinski definition) is 1. The highest BCUT2D eigenvalue weighted by Gasteiger charge is 2.18. The van der Waals surface area contributed by atoms with Crippen molar-refractivity contribution in [1.82, 2.24) is 9.80 Å². The summed E-state index contributed by atoms with van der Waals surface area (Å²) < 4.78 is 13.0. The largest absolute Gasteiger partial charge is 0.370 e. The second-order valence-electron chi connectivity index (χ2n) is 5.73. The summed E-state index contributed by atoms with van der Waals surface area (Å²) >= 11 is 0. The minimum absolute atomic E-state index is 0. The van der Waals surface area contributed by atoms with Crippen LogP contribution < -0.4 is 10.6 Å². The Morgan fingerprint density at radius 1 is 1.21 bits per heavy atom. The average Bonchev–Trinajstić information content (AvgIpc) is 2.55. The zero-order chi connectivity index (χ0) is 16.8. The molecule has 1 aromatic carbocycles. The molecular formula is C16H25FIN5O. The van der Waals surface area contributed by atoms with Gasteiger partial charge in [-0.1, -0.05) is 0 Å². The number of nitrogens with two attached hydrogens (primary N) is 1. The van der Waals surface area contributed by atoms with Crippen molar-refractivity contribution < 1.29 is 9.18 Å². The molecule has 1 amide bonds. The summed E-state index contributed by atoms with van der Waals surface area (Å²) in [5.41, 5.74) is 7.01. The molecule has 0 unspecified atom stereocenters. The molecule has 1 aromatic rings. The number of benzene rings is 1. The number of carbonyl (C=O) groups is 1. The van der Waals surface area contributed by atoms with Crippen molar-refractivity contribution in [2.75, 3.05) is 51.7 Å². The van der Waals surface area contributed by atoms with Crippen molar-refractivity contribution in [3.63, 3.8) is 0 Å². The Morgan fingerprint density at radius 2 is 1.79 bits per heavy atom. The summed E-state index contributed by atoms with van der Waals surface area (Å²) in [5, 5.41) is 0. The number of carbonyl (C=O) groups excluding carboxylic acids is 1. The molecule has 2 rings (SSSR count). The second-order valence-corrected chi connectivity index (χ2v) is 5.73. The maximum absolute atomic E-state index is 13.0. The Balaban J connectivity index is 0.00000288. The van der Waals surface area contributed by atoms with Crippen molar-refractivity contribution in [2.24, 2.45) is 10.7 Å². The van der Waals surface area contributed by atoms with Gasteiger partial charge in [-0.05, 0) is 24.3 Å². The lowest BCUT2D eigenvalue weighted by atomic mass is 10.2. The van der Waals surface area contributed by atoms with Crippen molar-refractivity contribution in [2.45, 2.75) is 6.42 Å². The molecule has 6 nitrogen and oxygen atoms in total. The lowest BCUT2D eigenvalue weighted by Gasteiger charge is -2.36. The molecule has 0 aromatic heterocycles. The van der Waals surface area contributed by atoms with E-state index in [0.29, 0.717) is 18.9 Å². The molecule has 1 aliphatic heterocycles. The number of aliphatic imine (C=N–C) groups is 1. The number of piperazine rings is 1. The summed E-state index contributed by atoms with van der Waals surface area (Å²) in [6.45, 7) is 3.53. The molecule has 1 saturated heterocycles. The monoisotopic (exact) mass is 449 g/mol. The van der Waals surface area contributed by atoms with Gasteiger partial charge in [0.2, 0.25) is 5.91 Å². The SMILES string of the molecule is CN(C)C(=O)CCN=C(N)N1CCN(c2ccc(F)cc2)CC1.I. The molecule has 8 heteroatoms. The topological polar surface area (TPSA) is 65.2 Å². The average molecular weight is 449 g/mol. The van der Waals surface area contributed by atoms with Crippen molar-refractivity contribution in [1.29, 1.82) is 0 Å². The molecule has 1 fully saturated rings. The van der Waals surface area contributed by atoms with Crippen LogP contribution in [0.25, 0.3) is 0 Å². The van der Waals surface area contributed by atoms with Crippen LogP contribution in [0.2, 0.25) is 0 Å². The molecule has 134 valence electrons. The first-order valence-corrected chi connectivity index (χ1v) is 7.73. The van der Waals surface area contributed by atoms with E-state index in [0.717, 1.165) is 31.9 Å². The van der Waals surface area contributed by atoms with Gasteiger partial charge in [0.05, 0.1) is 6.54 Å². The molecule has 0 aliphatic carbocycles. The Morgan fingerprint density at radius 3 is 2.33 bits per heavy atom. The molecular weight excluding hydrogens is 424 g/mol. The minimum Gasteiger partial charge on any atom is -0.370 e. The van der Waals surface area contributed by atoms with Gasteiger partial charge >= 0.3 is 0 Å². The maximum atomic E-state index is 13.0. The fourth-order valence-electron chi connectivity index (χ4n) is 2.44. The number of nitrogens with zero attached hydrogens (tertiary/aromatic N) is 4. The second kappa shape index (κ2) is 9.65. The van der Waals surface area contributed by atoms with Gasteiger partial charge in [-0.3, -0.25) is 9.79 Å². The third-order valence-corrected chi connectivity index (χ3v) is 3.89. The van der Waals surface area contributed by atoms with E-state index >= 15 is 0 Å². The summed E-state index contributed by atoms with van der Waals surface area (Å²) in [5.74, 6) is 0.300. The number of anilines is 1. The molecule has 0 spiro atoms. The number of amides is 1. The number of hydrogen-bond acceptors (Lipinski definition) is 3. The van der Waals surface area contributed by atoms with Crippen LogP contribution in [0.1, 0.15) is 6.42 Å². The van der Waals surface area contributed by atoms with Gasteiger partial charge in [-0.15, -0.1) is 24.0 Å². The van der Waals surface area contributed by atoms with Gasteiger partial charge in [0.25, 0.3) is 0 Å². The highest BCUT2D eigenvalue weighted by atomic mass is 127. The molecule has 24 heavy (non-hydrogen) atoms. The van der Waals surface area contributed by atoms with Gasteiger partial charge < -0.3 is 20.4 Å². The van der Waals surface area contributed by atoms with Crippen molar-refractivity contribution >= 4 is 41.5 Å². The number of halogens is 2. The van der Waals surface area contributed by atoms with Crippen molar-refractivity contribution in [3.8, 4) is 0 Å². The predicted octanol–water partition coefficient (Wildman–Crippen LogP) is 1.36. The molecule has 2 N–H and O–H groups in total. The Kier molecular flexibility index (Phi) is 8.23. The van der Waals surface area contributed by atoms with Gasteiger partial charge in [-0.2, -0.15) is 0 Å². The van der Waals surface area contributed by atoms with Crippen LogP contribution >= 0.6 is 24.0 Å². The van der Waals surface area contributed by atoms with Gasteiger partial charge in [-0.25, -0.2) is 4.39 Å². The van der Waals surface area contributed by atoms with Crippen LogP contribution in [0.4, 0.5) is 10.1 Å². The lowest BCUT2D eigenvalue weighted by Crippen LogP contribution is -2.51. The highest BCUT2D eigenvalue weighted by Crippen LogP contribution is 2.16. The van der Waals surface area contributed by atoms with Crippen LogP contribution in [-0.4, -0.2) is 68.5 Å². The molecule has 0 saturated carbocycles. The fraction of sp³-hybridized carbons (Fsp3) is 0.500. The van der Waals surface area contributed by atoms with Crippen LogP contribution in [0.15, 0.2) is 29.3 Å². The van der Waals surface area contributed by atoms with E-state index in [9.17, 15) is 9.18 Å². The van der Waals surface area contributed by atoms with Gasteiger partial charge in [0.15, 0.2) is 5.96 Å². The van der Waals surface area contributed by atoms with E-state index in [1.807, 2.05) is 4.90 Å². The summed E-state index contributed by atoms with van der Waals surface area (Å²) in [4.78, 5) is 21.5. The lowest BCUT2D eigenvalue weighted by molar-refractivity contribution is -0.128. The van der Waals surface area contributed by atoms with E-state index in [-0.39, 0.29) is 35.7 Å². The Bertz CT molecular complexity index is 556. The minimum atomic E-state index is -0.226. The van der Waals surface area contributed by atoms with E-state index in [4.69, 9.17) is 5.73 Å². The van der Waals surface area contributed by atoms with Crippen LogP contribution in [0.5, 0.6) is 0 Å². The van der Waals surface area contributed by atoms with Crippen LogP contribution in [-0.2, 0) is 4.79 Å². The molecule has 1 aliphatic rings. The third-order valence-electron chi connectivity index (χ3n) is 3.89. The van der Waals surface area contributed by atoms with E-state index in [2.05, 4.69) is 9.89 Å². The highest BCUT2D eigenvalue weighted by molar-refractivity contribution is 14.0. The standard InChI is InChI=1S/C16H24FN5O.HI/c1-20(2)15(23)7-8-19-16(18)22-11-9-21(10-12-22)14-5-3-13(17)4-6-14;/h3-6H,7-12H2,1-2H3,(H2,18,19);1H. The zero-order valence-electron chi connectivity index (χ0n) is 14.1. The number of guanidine groups is 1. The van der Waals surface area contributed by atoms with E-state index in [1.165, 1.54) is 12.1 Å². The predicted molar refractivity (Wildman–Crippen MR) is 105 cm³/mol. The van der Waals surface area contributed by atoms with E-state index in [1.54, 1.807) is 31.1 Å². The molecule has 0 radical (unpaired) electrons. The van der Waals surface area contributed by atoms with Gasteiger partial charge in [0, 0.05) is 52.4 Å². The molecule has 0 atom stereocenters. The Labute approximate surface area is 159 Å². The molecule has 1 heterocycles. The zero-order valence-corrected chi connectivity index (χ0v) is 16.4. The summed E-state index contributed by atoms with van der Waals surface area (Å²) in [6, 6.07) is 6.52. The van der Waals surface area contributed by atoms with Crippen LogP contribution in [0, 0.1) is 5.82 Å². The first-order valence-electron chi connectivity index (χ1n) is 7.73. The third kappa shape index (κ3) is 5.81. The van der Waals surface area contributed by atoms with Gasteiger partial charge in [0.1, 0.15) is 5.82 Å². The van der Waals surface area contributed by atoms with Crippen molar-refractivity contribution in [3.05, 3.63) is 30.1 Å². The number of rotatable bonds is 4. The summed E-state index contributed by atoms with van der Waals surface area (Å²) in [6.07, 6.45) is 0.364. The molecule has 0 bridgehead atoms. The first kappa shape index (κ1) is 20.5. The smallest absolute Gasteiger partial charge is 0.223 e. The van der Waals surface area contributed by atoms with Crippen LogP contribution in [0.3, 0.4) is 0 Å². The Hall–Kier alpha value is -1.58. The quantitative estimate of drug-likeness (QED) is 0.429. The summed E-state index contributed by atoms with van der Waals surface area (Å²) in [7, 11) is 3.45. The first-order chi connectivity index (χ1) is 11.0. The maximum Gasteiger partial charge on any atom is 0.223 e. The normalized spacial score (nSPS) is 15.0.